The molecule has 0 rings (SSSR count). The van der Waals surface area contributed by atoms with Gasteiger partial charge in [0.25, 0.3) is 0 Å². The highest BCUT2D eigenvalue weighted by atomic mass is 32.2. The summed E-state index contributed by atoms with van der Waals surface area (Å²) in [6.45, 7) is 9.75. The fourth-order valence-electron chi connectivity index (χ4n) is 1.12. The Morgan fingerprint density at radius 3 is 2.19 bits per heavy atom. The van der Waals surface area contributed by atoms with Gasteiger partial charge in [-0.05, 0) is 46.1 Å². The molecule has 0 atom stereocenters. The molecular formula is C12H29NO2S. The molecule has 0 fully saturated rings. The Balaban J connectivity index is 3.05. The van der Waals surface area contributed by atoms with Crippen LogP contribution < -0.4 is 4.72 Å². The summed E-state index contributed by atoms with van der Waals surface area (Å²) in [5, 5.41) is 0. The molecule has 0 heterocycles. The number of hydrogen-bond acceptors (Lipinski definition) is 3. The fraction of sp³-hybridized carbons (Fsp3) is 1.00. The van der Waals surface area contributed by atoms with E-state index in [2.05, 4.69) is 38.0 Å². The molecule has 0 aliphatic rings. The van der Waals surface area contributed by atoms with Crippen LogP contribution in [0.5, 0.6) is 0 Å². The molecule has 0 saturated heterocycles. The van der Waals surface area contributed by atoms with Crippen LogP contribution in [0.25, 0.3) is 0 Å². The zero-order valence-electron chi connectivity index (χ0n) is 11.5. The van der Waals surface area contributed by atoms with E-state index in [9.17, 15) is 0 Å². The van der Waals surface area contributed by atoms with E-state index in [0.717, 1.165) is 39.2 Å². The summed E-state index contributed by atoms with van der Waals surface area (Å²) in [4.78, 5) is 0. The van der Waals surface area contributed by atoms with Gasteiger partial charge in [0.2, 0.25) is 0 Å². The van der Waals surface area contributed by atoms with Gasteiger partial charge >= 0.3 is 0 Å². The first-order valence-electron chi connectivity index (χ1n) is 6.04. The average Bonchev–Trinajstić information content (AvgIpc) is 2.13. The maximum atomic E-state index is 5.60. The number of rotatable bonds is 9. The lowest BCUT2D eigenvalue weighted by Crippen LogP contribution is -2.20. The molecule has 0 aromatic carbocycles. The van der Waals surface area contributed by atoms with Crippen LogP contribution in [0.3, 0.4) is 0 Å². The lowest BCUT2D eigenvalue weighted by Gasteiger charge is -2.19. The monoisotopic (exact) mass is 251 g/mol. The van der Waals surface area contributed by atoms with E-state index in [4.69, 9.17) is 9.47 Å². The van der Waals surface area contributed by atoms with Crippen LogP contribution in [0, 0.1) is 0 Å². The van der Waals surface area contributed by atoms with Crippen LogP contribution in [0.15, 0.2) is 0 Å². The smallest absolute Gasteiger partial charge is 0.0598 e. The molecule has 0 unspecified atom stereocenters. The fourth-order valence-corrected chi connectivity index (χ4v) is 1.72. The molecule has 0 aliphatic heterocycles. The van der Waals surface area contributed by atoms with Gasteiger partial charge in [0, 0.05) is 26.4 Å². The van der Waals surface area contributed by atoms with E-state index in [1.807, 2.05) is 0 Å². The van der Waals surface area contributed by atoms with Crippen LogP contribution in [-0.4, -0.2) is 44.5 Å². The third kappa shape index (κ3) is 14.2. The SMILES string of the molecule is C[SH](C)NCCCOCCCOC(C)(C)C. The number of hydrogen-bond donors (Lipinski definition) is 2. The first kappa shape index (κ1) is 16.2. The molecule has 0 saturated carbocycles. The normalized spacial score (nSPS) is 12.9. The van der Waals surface area contributed by atoms with E-state index < -0.39 is 0 Å². The van der Waals surface area contributed by atoms with Crippen LogP contribution in [0.4, 0.5) is 0 Å². The van der Waals surface area contributed by atoms with Gasteiger partial charge in [-0.2, -0.15) is 0 Å². The molecule has 3 nitrogen and oxygen atoms in total. The van der Waals surface area contributed by atoms with Crippen molar-refractivity contribution in [3.05, 3.63) is 0 Å². The van der Waals surface area contributed by atoms with E-state index in [-0.39, 0.29) is 16.7 Å². The van der Waals surface area contributed by atoms with Gasteiger partial charge in [-0.1, -0.05) is 0 Å². The number of nitrogens with one attached hydrogen (secondary N) is 1. The van der Waals surface area contributed by atoms with Crippen molar-refractivity contribution in [3.8, 4) is 0 Å². The van der Waals surface area contributed by atoms with Crippen LogP contribution in [0.1, 0.15) is 33.6 Å². The van der Waals surface area contributed by atoms with Crippen molar-refractivity contribution in [2.75, 3.05) is 38.9 Å². The molecule has 0 bridgehead atoms. The predicted molar refractivity (Wildman–Crippen MR) is 74.6 cm³/mol. The molecule has 0 amide bonds. The van der Waals surface area contributed by atoms with Gasteiger partial charge in [-0.25, -0.2) is 11.1 Å². The molecule has 0 spiro atoms. The second-order valence-electron chi connectivity index (χ2n) is 5.08. The molecule has 0 aromatic heterocycles. The minimum absolute atomic E-state index is 0.0245. The van der Waals surface area contributed by atoms with Crippen molar-refractivity contribution >= 4 is 11.1 Å². The molecule has 4 heteroatoms. The van der Waals surface area contributed by atoms with Gasteiger partial charge in [-0.15, -0.1) is 0 Å². The van der Waals surface area contributed by atoms with E-state index >= 15 is 0 Å². The highest BCUT2D eigenvalue weighted by Gasteiger charge is 2.08. The van der Waals surface area contributed by atoms with Crippen molar-refractivity contribution in [1.82, 2.24) is 4.72 Å². The van der Waals surface area contributed by atoms with Gasteiger partial charge in [-0.3, -0.25) is 4.72 Å². The highest BCUT2D eigenvalue weighted by Crippen LogP contribution is 2.07. The number of ether oxygens (including phenoxy) is 2. The Morgan fingerprint density at radius 1 is 1.00 bits per heavy atom. The summed E-state index contributed by atoms with van der Waals surface area (Å²) >= 11 is 0.0307. The second-order valence-corrected chi connectivity index (χ2v) is 7.19. The van der Waals surface area contributed by atoms with Gasteiger partial charge in [0.1, 0.15) is 0 Å². The summed E-state index contributed by atoms with van der Waals surface area (Å²) in [7, 11) is 0. The molecule has 0 aromatic rings. The summed E-state index contributed by atoms with van der Waals surface area (Å²) < 4.78 is 14.5. The molecule has 16 heavy (non-hydrogen) atoms. The predicted octanol–water partition coefficient (Wildman–Crippen LogP) is 2.36. The van der Waals surface area contributed by atoms with E-state index in [0.29, 0.717) is 0 Å². The topological polar surface area (TPSA) is 30.5 Å². The Labute approximate surface area is 104 Å². The van der Waals surface area contributed by atoms with E-state index in [1.54, 1.807) is 0 Å². The third-order valence-electron chi connectivity index (χ3n) is 1.86. The lowest BCUT2D eigenvalue weighted by atomic mass is 10.2. The largest absolute Gasteiger partial charge is 0.381 e. The van der Waals surface area contributed by atoms with Crippen LogP contribution in [0.2, 0.25) is 0 Å². The van der Waals surface area contributed by atoms with Gasteiger partial charge in [0.05, 0.1) is 5.60 Å². The minimum atomic E-state index is -0.0245. The second kappa shape index (κ2) is 9.28. The van der Waals surface area contributed by atoms with Crippen molar-refractivity contribution in [2.45, 2.75) is 39.2 Å². The molecule has 0 radical (unpaired) electrons. The summed E-state index contributed by atoms with van der Waals surface area (Å²) in [6, 6.07) is 0. The lowest BCUT2D eigenvalue weighted by molar-refractivity contribution is -0.0139. The first-order chi connectivity index (χ1) is 7.42. The van der Waals surface area contributed by atoms with Crippen molar-refractivity contribution in [3.63, 3.8) is 0 Å². The maximum absolute atomic E-state index is 5.60. The summed E-state index contributed by atoms with van der Waals surface area (Å²) in [5.41, 5.74) is -0.0245. The molecular weight excluding hydrogens is 222 g/mol. The third-order valence-corrected chi connectivity index (χ3v) is 2.72. The van der Waals surface area contributed by atoms with Crippen LogP contribution >= 0.6 is 11.1 Å². The standard InChI is InChI=1S/C12H29NO2S/c1-12(2,3)15-11-7-10-14-9-6-8-13-16(4)5/h13,16H,6-11H2,1-5H3. The first-order valence-corrected chi connectivity index (χ1v) is 8.28. The maximum Gasteiger partial charge on any atom is 0.0598 e. The van der Waals surface area contributed by atoms with Crippen molar-refractivity contribution in [1.29, 1.82) is 0 Å². The van der Waals surface area contributed by atoms with Crippen LogP contribution in [-0.2, 0) is 9.47 Å². The van der Waals surface area contributed by atoms with Crippen molar-refractivity contribution < 1.29 is 9.47 Å². The van der Waals surface area contributed by atoms with Gasteiger partial charge < -0.3 is 9.47 Å². The quantitative estimate of drug-likeness (QED) is 0.487. The zero-order valence-corrected chi connectivity index (χ0v) is 12.4. The zero-order chi connectivity index (χ0) is 12.4. The molecule has 0 aliphatic carbocycles. The summed E-state index contributed by atoms with van der Waals surface area (Å²) in [5.74, 6) is 0. The van der Waals surface area contributed by atoms with Crippen molar-refractivity contribution in [2.24, 2.45) is 0 Å². The number of thiol groups is 1. The van der Waals surface area contributed by atoms with Gasteiger partial charge in [0.15, 0.2) is 0 Å². The van der Waals surface area contributed by atoms with E-state index in [1.165, 1.54) is 0 Å². The Hall–Kier alpha value is 0.230. The Kier molecular flexibility index (Phi) is 9.41. The average molecular weight is 251 g/mol. The summed E-state index contributed by atoms with van der Waals surface area (Å²) in [6.07, 6.45) is 6.53. The highest BCUT2D eigenvalue weighted by molar-refractivity contribution is 8.14. The minimum Gasteiger partial charge on any atom is -0.381 e. The molecule has 1 N–H and O–H groups in total. The molecule has 100 valence electrons. The Morgan fingerprint density at radius 2 is 1.62 bits per heavy atom. The Bertz CT molecular complexity index is 158.